The minimum atomic E-state index is -4.36. The van der Waals surface area contributed by atoms with Crippen LogP contribution in [0, 0.1) is 0 Å². The first-order valence-electron chi connectivity index (χ1n) is 11.2. The maximum absolute atomic E-state index is 13.1. The Morgan fingerprint density at radius 1 is 1.00 bits per heavy atom. The summed E-state index contributed by atoms with van der Waals surface area (Å²) < 4.78 is 39.2. The summed E-state index contributed by atoms with van der Waals surface area (Å²) in [6, 6.07) is 14.1. The van der Waals surface area contributed by atoms with Crippen LogP contribution in [0.15, 0.2) is 59.8 Å². The third kappa shape index (κ3) is 6.25. The first-order chi connectivity index (χ1) is 16.7. The third-order valence-corrected chi connectivity index (χ3v) is 6.74. The number of hydrogen-bond donors (Lipinski definition) is 1. The average molecular weight is 503 g/mol. The number of aromatic nitrogens is 2. The fourth-order valence-corrected chi connectivity index (χ4v) is 4.66. The van der Waals surface area contributed by atoms with Gasteiger partial charge in [-0.3, -0.25) is 0 Å². The highest BCUT2D eigenvalue weighted by atomic mass is 32.2. The molecule has 4 rings (SSSR count). The van der Waals surface area contributed by atoms with Crippen molar-refractivity contribution in [3.8, 4) is 0 Å². The number of carboxylic acids is 1. The van der Waals surface area contributed by atoms with Crippen molar-refractivity contribution in [2.45, 2.75) is 30.4 Å². The Labute approximate surface area is 205 Å². The highest BCUT2D eigenvalue weighted by Crippen LogP contribution is 2.32. The van der Waals surface area contributed by atoms with Crippen molar-refractivity contribution in [3.63, 3.8) is 0 Å². The number of benzene rings is 2. The summed E-state index contributed by atoms with van der Waals surface area (Å²) in [6.07, 6.45) is -3.61. The predicted octanol–water partition coefficient (Wildman–Crippen LogP) is 5.37. The zero-order chi connectivity index (χ0) is 25.0. The lowest BCUT2D eigenvalue weighted by molar-refractivity contribution is -0.137. The van der Waals surface area contributed by atoms with E-state index in [1.54, 1.807) is 30.3 Å². The molecule has 0 saturated carbocycles. The van der Waals surface area contributed by atoms with E-state index in [1.165, 1.54) is 23.9 Å². The summed E-state index contributed by atoms with van der Waals surface area (Å²) in [4.78, 5) is 24.5. The molecular weight excluding hydrogens is 477 g/mol. The quantitative estimate of drug-likeness (QED) is 0.344. The second kappa shape index (κ2) is 10.6. The van der Waals surface area contributed by atoms with Crippen LogP contribution in [0.4, 0.5) is 24.7 Å². The normalized spacial score (nSPS) is 14.3. The summed E-state index contributed by atoms with van der Waals surface area (Å²) in [5.41, 5.74) is 2.07. The van der Waals surface area contributed by atoms with Crippen LogP contribution in [0.2, 0.25) is 0 Å². The Balaban J connectivity index is 1.42. The minimum Gasteiger partial charge on any atom is -0.478 e. The van der Waals surface area contributed by atoms with Crippen LogP contribution >= 0.6 is 11.8 Å². The molecule has 0 aliphatic carbocycles. The molecule has 1 aromatic heterocycles. The van der Waals surface area contributed by atoms with Gasteiger partial charge in [-0.05, 0) is 42.3 Å². The van der Waals surface area contributed by atoms with Crippen LogP contribution < -0.4 is 9.80 Å². The lowest BCUT2D eigenvalue weighted by Gasteiger charge is -2.37. The van der Waals surface area contributed by atoms with Gasteiger partial charge in [0.05, 0.1) is 11.1 Å². The number of carboxylic acid groups (broad SMARTS) is 1. The second-order valence-corrected chi connectivity index (χ2v) is 9.11. The summed E-state index contributed by atoms with van der Waals surface area (Å²) in [7, 11) is 0. The molecule has 184 valence electrons. The van der Waals surface area contributed by atoms with Gasteiger partial charge in [-0.25, -0.2) is 14.8 Å². The lowest BCUT2D eigenvalue weighted by Crippen LogP contribution is -2.47. The van der Waals surface area contributed by atoms with Crippen molar-refractivity contribution in [1.82, 2.24) is 9.97 Å². The lowest BCUT2D eigenvalue weighted by atomic mass is 10.1. The molecule has 0 spiro atoms. The maximum atomic E-state index is 13.1. The van der Waals surface area contributed by atoms with E-state index in [-0.39, 0.29) is 5.56 Å². The van der Waals surface area contributed by atoms with Gasteiger partial charge in [0.2, 0.25) is 0 Å². The van der Waals surface area contributed by atoms with Gasteiger partial charge in [0.15, 0.2) is 5.16 Å². The van der Waals surface area contributed by atoms with E-state index in [4.69, 9.17) is 10.1 Å². The molecule has 6 nitrogen and oxygen atoms in total. The molecule has 1 fully saturated rings. The van der Waals surface area contributed by atoms with Crippen molar-refractivity contribution in [2.75, 3.05) is 36.0 Å². The monoisotopic (exact) mass is 502 g/mol. The van der Waals surface area contributed by atoms with Crippen LogP contribution in [-0.4, -0.2) is 47.2 Å². The Kier molecular flexibility index (Phi) is 7.49. The molecule has 35 heavy (non-hydrogen) atoms. The number of carbonyl (C=O) groups is 1. The Morgan fingerprint density at radius 3 is 2.31 bits per heavy atom. The summed E-state index contributed by atoms with van der Waals surface area (Å²) >= 11 is 1.48. The fraction of sp³-hybridized carbons (Fsp3) is 0.320. The molecule has 0 amide bonds. The zero-order valence-corrected chi connectivity index (χ0v) is 19.9. The molecule has 0 unspecified atom stereocenters. The molecule has 2 heterocycles. The zero-order valence-electron chi connectivity index (χ0n) is 19.1. The number of piperazine rings is 1. The van der Waals surface area contributed by atoms with Crippen LogP contribution in [0.5, 0.6) is 0 Å². The number of nitrogens with zero attached hydrogens (tertiary/aromatic N) is 4. The van der Waals surface area contributed by atoms with Crippen molar-refractivity contribution in [3.05, 3.63) is 77.0 Å². The van der Waals surface area contributed by atoms with Crippen molar-refractivity contribution < 1.29 is 23.1 Å². The number of alkyl halides is 3. The summed E-state index contributed by atoms with van der Waals surface area (Å²) in [5.74, 6) is 0.459. The smallest absolute Gasteiger partial charge is 0.416 e. The number of thioether (sulfide) groups is 1. The fourth-order valence-electron chi connectivity index (χ4n) is 3.83. The van der Waals surface area contributed by atoms with Gasteiger partial charge < -0.3 is 14.9 Å². The van der Waals surface area contributed by atoms with E-state index in [2.05, 4.69) is 9.88 Å². The van der Waals surface area contributed by atoms with Crippen molar-refractivity contribution in [1.29, 1.82) is 0 Å². The van der Waals surface area contributed by atoms with E-state index >= 15 is 0 Å². The summed E-state index contributed by atoms with van der Waals surface area (Å²) in [6.45, 7) is 4.47. The van der Waals surface area contributed by atoms with Gasteiger partial charge in [0.1, 0.15) is 5.82 Å². The second-order valence-electron chi connectivity index (χ2n) is 8.17. The van der Waals surface area contributed by atoms with Gasteiger partial charge in [-0.1, -0.05) is 36.9 Å². The number of aryl methyl sites for hydroxylation is 1. The van der Waals surface area contributed by atoms with Crippen molar-refractivity contribution >= 4 is 29.2 Å². The van der Waals surface area contributed by atoms with Gasteiger partial charge in [0, 0.05) is 49.4 Å². The standard InChI is InChI=1S/C25H25F3N4O2S/c1-2-20-15-22(30-24(29-20)35-16-17-6-8-18(9-7-17)23(33)34)32-12-10-31(11-13-32)21-5-3-4-19(14-21)25(26,27)28/h3-9,14-15H,2,10-13,16H2,1H3,(H,33,34). The van der Waals surface area contributed by atoms with Crippen LogP contribution in [0.3, 0.4) is 0 Å². The van der Waals surface area contributed by atoms with Gasteiger partial charge in [-0.2, -0.15) is 13.2 Å². The molecule has 1 aliphatic rings. The Bertz CT molecular complexity index is 1180. The number of halogens is 3. The van der Waals surface area contributed by atoms with E-state index in [0.717, 1.165) is 29.6 Å². The first kappa shape index (κ1) is 24.8. The molecule has 0 radical (unpaired) electrons. The number of hydrogen-bond acceptors (Lipinski definition) is 6. The topological polar surface area (TPSA) is 69.6 Å². The van der Waals surface area contributed by atoms with Crippen LogP contribution in [0.25, 0.3) is 0 Å². The number of rotatable bonds is 7. The maximum Gasteiger partial charge on any atom is 0.416 e. The minimum absolute atomic E-state index is 0.245. The SMILES string of the molecule is CCc1cc(N2CCN(c3cccc(C(F)(F)F)c3)CC2)nc(SCc2ccc(C(=O)O)cc2)n1. The first-order valence-corrected chi connectivity index (χ1v) is 12.2. The molecule has 1 N–H and O–H groups in total. The average Bonchev–Trinajstić information content (AvgIpc) is 2.87. The molecule has 2 aromatic carbocycles. The van der Waals surface area contributed by atoms with Gasteiger partial charge >= 0.3 is 12.1 Å². The molecule has 0 atom stereocenters. The van der Waals surface area contributed by atoms with Crippen LogP contribution in [-0.2, 0) is 18.3 Å². The molecule has 3 aromatic rings. The van der Waals surface area contributed by atoms with E-state index in [9.17, 15) is 18.0 Å². The van der Waals surface area contributed by atoms with E-state index in [1.807, 2.05) is 17.9 Å². The third-order valence-electron chi connectivity index (χ3n) is 5.82. The predicted molar refractivity (Wildman–Crippen MR) is 130 cm³/mol. The number of aromatic carboxylic acids is 1. The highest BCUT2D eigenvalue weighted by Gasteiger charge is 2.31. The van der Waals surface area contributed by atoms with E-state index < -0.39 is 17.7 Å². The molecule has 0 bridgehead atoms. The molecule has 1 aliphatic heterocycles. The highest BCUT2D eigenvalue weighted by molar-refractivity contribution is 7.98. The Hall–Kier alpha value is -3.27. The molecule has 10 heteroatoms. The molecular formula is C25H25F3N4O2S. The summed E-state index contributed by atoms with van der Waals surface area (Å²) in [5, 5.41) is 9.68. The van der Waals surface area contributed by atoms with Crippen LogP contribution in [0.1, 0.15) is 34.1 Å². The molecule has 1 saturated heterocycles. The Morgan fingerprint density at radius 2 is 1.69 bits per heavy atom. The van der Waals surface area contributed by atoms with Gasteiger partial charge in [0.25, 0.3) is 0 Å². The van der Waals surface area contributed by atoms with Crippen molar-refractivity contribution in [2.24, 2.45) is 0 Å². The number of anilines is 2. The van der Waals surface area contributed by atoms with Gasteiger partial charge in [-0.15, -0.1) is 0 Å². The van der Waals surface area contributed by atoms with E-state index in [0.29, 0.717) is 42.8 Å². The largest absolute Gasteiger partial charge is 0.478 e.